The number of amides is 1. The number of sulfonamides is 1. The fourth-order valence-electron chi connectivity index (χ4n) is 3.63. The molecule has 1 saturated heterocycles. The standard InChI is InChI=1S/C23H31N3O3S/c1-18-7-5-6-8-21(18)24-22(27)17-25-13-15-26(16-14-25)30(28,29)20-11-9-19(10-12-20)23(2,3)4/h5-12H,13-17H2,1-4H3,(H,24,27)/p+1. The minimum atomic E-state index is -3.51. The fraction of sp³-hybridized carbons (Fsp3) is 0.435. The Morgan fingerprint density at radius 3 is 2.20 bits per heavy atom. The largest absolute Gasteiger partial charge is 0.325 e. The number of aryl methyl sites for hydroxylation is 1. The number of nitrogens with one attached hydrogen (secondary N) is 2. The van der Waals surface area contributed by atoms with Gasteiger partial charge in [-0.05, 0) is 41.7 Å². The maximum atomic E-state index is 13.0. The van der Waals surface area contributed by atoms with Crippen molar-refractivity contribution in [2.75, 3.05) is 38.0 Å². The molecule has 1 heterocycles. The van der Waals surface area contributed by atoms with Crippen LogP contribution in [0.5, 0.6) is 0 Å². The lowest BCUT2D eigenvalue weighted by molar-refractivity contribution is -0.895. The van der Waals surface area contributed by atoms with Crippen LogP contribution >= 0.6 is 0 Å². The minimum Gasteiger partial charge on any atom is -0.325 e. The molecule has 0 spiro atoms. The molecule has 1 aliphatic heterocycles. The Bertz CT molecular complexity index is 987. The van der Waals surface area contributed by atoms with Crippen molar-refractivity contribution in [1.29, 1.82) is 0 Å². The fourth-order valence-corrected chi connectivity index (χ4v) is 5.07. The number of benzene rings is 2. The SMILES string of the molecule is Cc1ccccc1NC(=O)C[NH+]1CCN(S(=O)(=O)c2ccc(C(C)(C)C)cc2)CC1. The molecule has 30 heavy (non-hydrogen) atoms. The molecule has 2 aromatic rings. The summed E-state index contributed by atoms with van der Waals surface area (Å²) in [6.07, 6.45) is 0. The third-order valence-corrected chi connectivity index (χ3v) is 7.53. The molecule has 0 unspecified atom stereocenters. The molecule has 0 saturated carbocycles. The zero-order valence-corrected chi connectivity index (χ0v) is 19.1. The van der Waals surface area contributed by atoms with Crippen LogP contribution in [0.2, 0.25) is 0 Å². The predicted molar refractivity (Wildman–Crippen MR) is 119 cm³/mol. The molecule has 2 aromatic carbocycles. The molecule has 162 valence electrons. The van der Waals surface area contributed by atoms with Gasteiger partial charge < -0.3 is 10.2 Å². The van der Waals surface area contributed by atoms with Gasteiger partial charge in [0.2, 0.25) is 10.0 Å². The van der Waals surface area contributed by atoms with Crippen LogP contribution in [0, 0.1) is 6.92 Å². The van der Waals surface area contributed by atoms with Crippen molar-refractivity contribution < 1.29 is 18.1 Å². The van der Waals surface area contributed by atoms with Crippen LogP contribution in [-0.2, 0) is 20.2 Å². The van der Waals surface area contributed by atoms with E-state index in [9.17, 15) is 13.2 Å². The van der Waals surface area contributed by atoms with E-state index in [1.165, 1.54) is 4.31 Å². The molecular formula is C23H32N3O3S+. The molecule has 7 heteroatoms. The minimum absolute atomic E-state index is 0.0177. The molecule has 3 rings (SSSR count). The molecule has 1 fully saturated rings. The summed E-state index contributed by atoms with van der Waals surface area (Å²) in [4.78, 5) is 13.8. The second kappa shape index (κ2) is 8.88. The number of hydrogen-bond donors (Lipinski definition) is 2. The molecule has 6 nitrogen and oxygen atoms in total. The van der Waals surface area contributed by atoms with Gasteiger partial charge in [0, 0.05) is 5.69 Å². The highest BCUT2D eigenvalue weighted by Gasteiger charge is 2.31. The van der Waals surface area contributed by atoms with Gasteiger partial charge in [-0.3, -0.25) is 4.79 Å². The lowest BCUT2D eigenvalue weighted by atomic mass is 9.87. The van der Waals surface area contributed by atoms with Crippen LogP contribution in [0.15, 0.2) is 53.4 Å². The van der Waals surface area contributed by atoms with E-state index in [-0.39, 0.29) is 11.3 Å². The van der Waals surface area contributed by atoms with Gasteiger partial charge in [0.15, 0.2) is 6.54 Å². The average Bonchev–Trinajstić information content (AvgIpc) is 2.69. The van der Waals surface area contributed by atoms with E-state index in [2.05, 4.69) is 26.1 Å². The van der Waals surface area contributed by atoms with Crippen LogP contribution in [0.3, 0.4) is 0 Å². The number of para-hydroxylation sites is 1. The van der Waals surface area contributed by atoms with Crippen molar-refractivity contribution in [2.45, 2.75) is 38.0 Å². The first-order chi connectivity index (χ1) is 14.1. The Labute approximate surface area is 179 Å². The van der Waals surface area contributed by atoms with Crippen molar-refractivity contribution in [2.24, 2.45) is 0 Å². The van der Waals surface area contributed by atoms with Crippen molar-refractivity contribution in [1.82, 2.24) is 4.31 Å². The molecule has 0 bridgehead atoms. The summed E-state index contributed by atoms with van der Waals surface area (Å²) in [6.45, 7) is 10.7. The van der Waals surface area contributed by atoms with E-state index in [1.807, 2.05) is 43.3 Å². The second-order valence-corrected chi connectivity index (χ2v) is 10.9. The van der Waals surface area contributed by atoms with Crippen molar-refractivity contribution in [3.8, 4) is 0 Å². The Balaban J connectivity index is 1.56. The maximum Gasteiger partial charge on any atom is 0.279 e. The van der Waals surface area contributed by atoms with Crippen LogP contribution in [0.1, 0.15) is 31.9 Å². The van der Waals surface area contributed by atoms with Gasteiger partial charge in [-0.25, -0.2) is 8.42 Å². The van der Waals surface area contributed by atoms with E-state index in [1.54, 1.807) is 12.1 Å². The van der Waals surface area contributed by atoms with Crippen molar-refractivity contribution in [3.63, 3.8) is 0 Å². The van der Waals surface area contributed by atoms with Crippen LogP contribution in [0.25, 0.3) is 0 Å². The molecule has 1 amide bonds. The molecule has 0 radical (unpaired) electrons. The number of quaternary nitrogens is 1. The van der Waals surface area contributed by atoms with Gasteiger partial charge in [0.25, 0.3) is 5.91 Å². The van der Waals surface area contributed by atoms with Gasteiger partial charge in [0.1, 0.15) is 0 Å². The Morgan fingerprint density at radius 2 is 1.63 bits per heavy atom. The highest BCUT2D eigenvalue weighted by atomic mass is 32.2. The number of carbonyl (C=O) groups excluding carboxylic acids is 1. The maximum absolute atomic E-state index is 13.0. The number of hydrogen-bond acceptors (Lipinski definition) is 3. The topological polar surface area (TPSA) is 70.9 Å². The van der Waals surface area contributed by atoms with E-state index < -0.39 is 10.0 Å². The highest BCUT2D eigenvalue weighted by molar-refractivity contribution is 7.89. The third-order valence-electron chi connectivity index (χ3n) is 5.62. The first kappa shape index (κ1) is 22.5. The Hall–Kier alpha value is -2.22. The molecule has 0 aromatic heterocycles. The van der Waals surface area contributed by atoms with Gasteiger partial charge in [0.05, 0.1) is 31.1 Å². The average molecular weight is 431 g/mol. The summed E-state index contributed by atoms with van der Waals surface area (Å²) in [5.74, 6) is -0.0478. The van der Waals surface area contributed by atoms with Crippen LogP contribution in [-0.4, -0.2) is 51.4 Å². The molecule has 0 aliphatic carbocycles. The van der Waals surface area contributed by atoms with E-state index >= 15 is 0 Å². The smallest absolute Gasteiger partial charge is 0.279 e. The summed E-state index contributed by atoms with van der Waals surface area (Å²) < 4.78 is 27.5. The summed E-state index contributed by atoms with van der Waals surface area (Å²) in [5.41, 5.74) is 2.93. The number of piperazine rings is 1. The van der Waals surface area contributed by atoms with E-state index in [0.717, 1.165) is 21.7 Å². The third kappa shape index (κ3) is 5.28. The Kier molecular flexibility index (Phi) is 6.65. The van der Waals surface area contributed by atoms with E-state index in [0.29, 0.717) is 37.6 Å². The lowest BCUT2D eigenvalue weighted by Gasteiger charge is -2.31. The first-order valence-corrected chi connectivity index (χ1v) is 11.8. The van der Waals surface area contributed by atoms with Gasteiger partial charge in [-0.2, -0.15) is 4.31 Å². The second-order valence-electron chi connectivity index (χ2n) is 8.97. The van der Waals surface area contributed by atoms with Gasteiger partial charge in [-0.15, -0.1) is 0 Å². The zero-order valence-electron chi connectivity index (χ0n) is 18.2. The molecule has 2 N–H and O–H groups in total. The Morgan fingerprint density at radius 1 is 1.03 bits per heavy atom. The van der Waals surface area contributed by atoms with E-state index in [4.69, 9.17) is 0 Å². The van der Waals surface area contributed by atoms with Gasteiger partial charge >= 0.3 is 0 Å². The van der Waals surface area contributed by atoms with Crippen molar-refractivity contribution >= 4 is 21.6 Å². The first-order valence-electron chi connectivity index (χ1n) is 10.4. The van der Waals surface area contributed by atoms with Crippen LogP contribution < -0.4 is 10.2 Å². The number of rotatable bonds is 5. The summed E-state index contributed by atoms with van der Waals surface area (Å²) in [7, 11) is -3.51. The van der Waals surface area contributed by atoms with Crippen molar-refractivity contribution in [3.05, 3.63) is 59.7 Å². The zero-order chi connectivity index (χ0) is 21.9. The van der Waals surface area contributed by atoms with Crippen LogP contribution in [0.4, 0.5) is 5.69 Å². The molecular weight excluding hydrogens is 398 g/mol. The summed E-state index contributed by atoms with van der Waals surface area (Å²) in [5, 5.41) is 2.95. The summed E-state index contributed by atoms with van der Waals surface area (Å²) >= 11 is 0. The summed E-state index contributed by atoms with van der Waals surface area (Å²) in [6, 6.07) is 14.9. The quantitative estimate of drug-likeness (QED) is 0.760. The lowest BCUT2D eigenvalue weighted by Crippen LogP contribution is -3.15. The number of carbonyl (C=O) groups is 1. The number of nitrogens with zero attached hydrogens (tertiary/aromatic N) is 1. The monoisotopic (exact) mass is 430 g/mol. The van der Waals surface area contributed by atoms with Gasteiger partial charge in [-0.1, -0.05) is 51.1 Å². The molecule has 1 aliphatic rings. The predicted octanol–water partition coefficient (Wildman–Crippen LogP) is 1.82. The molecule has 0 atom stereocenters. The normalized spacial score (nSPS) is 16.4. The number of anilines is 1. The highest BCUT2D eigenvalue weighted by Crippen LogP contribution is 2.24.